The van der Waals surface area contributed by atoms with Crippen LogP contribution in [-0.2, 0) is 4.79 Å². The molecule has 1 nitrogen and oxygen atoms in total. The summed E-state index contributed by atoms with van der Waals surface area (Å²) < 4.78 is 0. The summed E-state index contributed by atoms with van der Waals surface area (Å²) in [6, 6.07) is 0. The second kappa shape index (κ2) is 4.59. The highest BCUT2D eigenvalue weighted by atomic mass is 16.1. The van der Waals surface area contributed by atoms with Gasteiger partial charge in [-0.1, -0.05) is 19.1 Å². The van der Waals surface area contributed by atoms with Gasteiger partial charge in [0.25, 0.3) is 0 Å². The molecule has 0 bridgehead atoms. The van der Waals surface area contributed by atoms with Gasteiger partial charge >= 0.3 is 0 Å². The molecule has 0 N–H and O–H groups in total. The number of hydrogen-bond acceptors (Lipinski definition) is 1. The fraction of sp³-hybridized carbons (Fsp3) is 0.615. The first-order valence-electron chi connectivity index (χ1n) is 5.40. The monoisotopic (exact) mass is 192 g/mol. The number of carbonyl (C=O) groups is 1. The van der Waals surface area contributed by atoms with Gasteiger partial charge in [0.1, 0.15) is 5.78 Å². The molecule has 1 saturated carbocycles. The van der Waals surface area contributed by atoms with Gasteiger partial charge in [-0.3, -0.25) is 4.79 Å². The van der Waals surface area contributed by atoms with E-state index in [1.807, 2.05) is 12.2 Å². The van der Waals surface area contributed by atoms with E-state index in [1.54, 1.807) is 0 Å². The second-order valence-electron chi connectivity index (χ2n) is 4.44. The smallest absolute Gasteiger partial charge is 0.139 e. The summed E-state index contributed by atoms with van der Waals surface area (Å²) in [6.07, 6.45) is 8.57. The van der Waals surface area contributed by atoms with Crippen molar-refractivity contribution in [3.8, 4) is 0 Å². The Morgan fingerprint density at radius 1 is 1.50 bits per heavy atom. The summed E-state index contributed by atoms with van der Waals surface area (Å²) in [6.45, 7) is 9.57. The van der Waals surface area contributed by atoms with Crippen LogP contribution in [0, 0.1) is 11.3 Å². The highest BCUT2D eigenvalue weighted by Crippen LogP contribution is 2.45. The Balaban J connectivity index is 2.69. The van der Waals surface area contributed by atoms with Crippen LogP contribution in [0.5, 0.6) is 0 Å². The van der Waals surface area contributed by atoms with E-state index in [2.05, 4.69) is 20.1 Å². The minimum Gasteiger partial charge on any atom is -0.299 e. The zero-order valence-electron chi connectivity index (χ0n) is 9.09. The molecule has 0 heterocycles. The maximum absolute atomic E-state index is 11.8. The Kier molecular flexibility index (Phi) is 3.68. The van der Waals surface area contributed by atoms with Gasteiger partial charge in [-0.05, 0) is 31.6 Å². The van der Waals surface area contributed by atoms with Crippen molar-refractivity contribution in [1.29, 1.82) is 0 Å². The molecule has 0 saturated heterocycles. The predicted molar refractivity (Wildman–Crippen MR) is 60.1 cm³/mol. The van der Waals surface area contributed by atoms with Crippen molar-refractivity contribution in [2.24, 2.45) is 11.3 Å². The molecule has 14 heavy (non-hydrogen) atoms. The summed E-state index contributed by atoms with van der Waals surface area (Å²) in [5, 5.41) is 0. The zero-order valence-corrected chi connectivity index (χ0v) is 9.09. The highest BCUT2D eigenvalue weighted by Gasteiger charge is 2.43. The van der Waals surface area contributed by atoms with Crippen LogP contribution in [0.25, 0.3) is 0 Å². The molecule has 0 unspecified atom stereocenters. The zero-order chi connectivity index (χ0) is 10.6. The van der Waals surface area contributed by atoms with E-state index in [0.717, 1.165) is 32.1 Å². The maximum atomic E-state index is 11.8. The van der Waals surface area contributed by atoms with Crippen molar-refractivity contribution in [2.75, 3.05) is 0 Å². The lowest BCUT2D eigenvalue weighted by molar-refractivity contribution is -0.126. The maximum Gasteiger partial charge on any atom is 0.139 e. The lowest BCUT2D eigenvalue weighted by atomic mass is 9.74. The van der Waals surface area contributed by atoms with E-state index in [-0.39, 0.29) is 5.41 Å². The van der Waals surface area contributed by atoms with Crippen LogP contribution in [0.3, 0.4) is 0 Å². The molecular weight excluding hydrogens is 172 g/mol. The van der Waals surface area contributed by atoms with Crippen molar-refractivity contribution < 1.29 is 4.79 Å². The number of allylic oxidation sites excluding steroid dienone is 2. The summed E-state index contributed by atoms with van der Waals surface area (Å²) in [5.74, 6) is 0.956. The predicted octanol–water partition coefficient (Wildman–Crippen LogP) is 3.51. The number of ketones is 1. The molecule has 1 fully saturated rings. The lowest BCUT2D eigenvalue weighted by Crippen LogP contribution is -2.28. The molecule has 0 aromatic carbocycles. The van der Waals surface area contributed by atoms with E-state index >= 15 is 0 Å². The van der Waals surface area contributed by atoms with Crippen LogP contribution in [0.2, 0.25) is 0 Å². The number of Topliss-reactive ketones (excluding diaryl/α,β-unsaturated/α-hetero) is 1. The van der Waals surface area contributed by atoms with Crippen molar-refractivity contribution >= 4 is 5.78 Å². The fourth-order valence-electron chi connectivity index (χ4n) is 2.50. The van der Waals surface area contributed by atoms with E-state index < -0.39 is 0 Å². The number of carbonyl (C=O) groups excluding carboxylic acids is 1. The molecule has 1 aliphatic carbocycles. The van der Waals surface area contributed by atoms with Crippen LogP contribution >= 0.6 is 0 Å². The Bertz CT molecular complexity index is 242. The summed E-state index contributed by atoms with van der Waals surface area (Å²) >= 11 is 0. The first-order chi connectivity index (χ1) is 6.65. The standard InChI is InChI=1S/C13H20O/c1-4-6-7-11-8-9-12(14)13(11,3)10-5-2/h4-5,11H,1-2,6-10H2,3H3/t11-,13+/m1/s1. The normalized spacial score (nSPS) is 31.8. The average Bonchev–Trinajstić information content (AvgIpc) is 2.42. The van der Waals surface area contributed by atoms with E-state index in [0.29, 0.717) is 11.7 Å². The first-order valence-corrected chi connectivity index (χ1v) is 5.40. The lowest BCUT2D eigenvalue weighted by Gasteiger charge is -2.28. The van der Waals surface area contributed by atoms with Gasteiger partial charge in [-0.15, -0.1) is 13.2 Å². The molecule has 0 spiro atoms. The van der Waals surface area contributed by atoms with Gasteiger partial charge in [0.15, 0.2) is 0 Å². The summed E-state index contributed by atoms with van der Waals surface area (Å²) in [7, 11) is 0. The minimum atomic E-state index is -0.134. The van der Waals surface area contributed by atoms with Gasteiger partial charge in [0.2, 0.25) is 0 Å². The molecule has 1 aliphatic rings. The molecule has 0 aliphatic heterocycles. The Morgan fingerprint density at radius 2 is 2.21 bits per heavy atom. The summed E-state index contributed by atoms with van der Waals surface area (Å²) in [4.78, 5) is 11.8. The van der Waals surface area contributed by atoms with Gasteiger partial charge in [-0.25, -0.2) is 0 Å². The Morgan fingerprint density at radius 3 is 2.79 bits per heavy atom. The molecule has 0 radical (unpaired) electrons. The molecule has 0 aromatic heterocycles. The van der Waals surface area contributed by atoms with E-state index in [4.69, 9.17) is 0 Å². The van der Waals surface area contributed by atoms with Crippen LogP contribution in [0.4, 0.5) is 0 Å². The molecule has 0 aromatic rings. The van der Waals surface area contributed by atoms with Crippen molar-refractivity contribution in [3.63, 3.8) is 0 Å². The SMILES string of the molecule is C=CCC[C@@H]1CCC(=O)[C@@]1(C)CC=C. The molecular formula is C13H20O. The van der Waals surface area contributed by atoms with Crippen LogP contribution < -0.4 is 0 Å². The topological polar surface area (TPSA) is 17.1 Å². The quantitative estimate of drug-likeness (QED) is 0.609. The third-order valence-corrected chi connectivity index (χ3v) is 3.55. The van der Waals surface area contributed by atoms with Gasteiger partial charge in [0, 0.05) is 11.8 Å². The Hall–Kier alpha value is -0.850. The third-order valence-electron chi connectivity index (χ3n) is 3.55. The molecule has 78 valence electrons. The van der Waals surface area contributed by atoms with Gasteiger partial charge in [-0.2, -0.15) is 0 Å². The third kappa shape index (κ3) is 1.97. The molecule has 1 heteroatoms. The van der Waals surface area contributed by atoms with Crippen LogP contribution in [0.15, 0.2) is 25.3 Å². The van der Waals surface area contributed by atoms with E-state index in [9.17, 15) is 4.79 Å². The average molecular weight is 192 g/mol. The number of hydrogen-bond donors (Lipinski definition) is 0. The van der Waals surface area contributed by atoms with Crippen LogP contribution in [0.1, 0.15) is 39.0 Å². The summed E-state index contributed by atoms with van der Waals surface area (Å²) in [5.41, 5.74) is -0.134. The van der Waals surface area contributed by atoms with E-state index in [1.165, 1.54) is 0 Å². The Labute approximate surface area is 86.9 Å². The highest BCUT2D eigenvalue weighted by molar-refractivity contribution is 5.87. The van der Waals surface area contributed by atoms with Gasteiger partial charge < -0.3 is 0 Å². The largest absolute Gasteiger partial charge is 0.299 e. The second-order valence-corrected chi connectivity index (χ2v) is 4.44. The minimum absolute atomic E-state index is 0.134. The van der Waals surface area contributed by atoms with Crippen LogP contribution in [-0.4, -0.2) is 5.78 Å². The van der Waals surface area contributed by atoms with Crippen molar-refractivity contribution in [3.05, 3.63) is 25.3 Å². The van der Waals surface area contributed by atoms with Crippen molar-refractivity contribution in [1.82, 2.24) is 0 Å². The van der Waals surface area contributed by atoms with Crippen molar-refractivity contribution in [2.45, 2.75) is 39.0 Å². The number of rotatable bonds is 5. The molecule has 1 rings (SSSR count). The molecule has 0 amide bonds. The fourth-order valence-corrected chi connectivity index (χ4v) is 2.50. The van der Waals surface area contributed by atoms with Gasteiger partial charge in [0.05, 0.1) is 0 Å². The molecule has 2 atom stereocenters. The first kappa shape index (κ1) is 11.2.